The van der Waals surface area contributed by atoms with Crippen LogP contribution < -0.4 is 10.6 Å². The van der Waals surface area contributed by atoms with E-state index in [4.69, 9.17) is 4.74 Å². The smallest absolute Gasteiger partial charge is 0.337 e. The second-order valence-electron chi connectivity index (χ2n) is 6.96. The summed E-state index contributed by atoms with van der Waals surface area (Å²) in [5.41, 5.74) is 3.35. The molecule has 2 aromatic carbocycles. The summed E-state index contributed by atoms with van der Waals surface area (Å²) in [6.07, 6.45) is 0.799. The van der Waals surface area contributed by atoms with Crippen molar-refractivity contribution in [1.29, 1.82) is 0 Å². The molecule has 0 saturated heterocycles. The first kappa shape index (κ1) is 22.9. The highest BCUT2D eigenvalue weighted by atomic mass is 16.5. The quantitative estimate of drug-likeness (QED) is 0.397. The molecular weight excluding hydrogens is 380 g/mol. The summed E-state index contributed by atoms with van der Waals surface area (Å²) >= 11 is 0. The molecular formula is C23H30N4O3. The number of nitrogens with one attached hydrogen (secondary N) is 2. The zero-order valence-corrected chi connectivity index (χ0v) is 18.1. The number of carbonyl (C=O) groups excluding carboxylic acids is 2. The van der Waals surface area contributed by atoms with E-state index >= 15 is 0 Å². The third-order valence-electron chi connectivity index (χ3n) is 4.45. The van der Waals surface area contributed by atoms with Crippen LogP contribution in [0.25, 0.3) is 0 Å². The minimum Gasteiger partial charge on any atom is -0.465 e. The molecule has 0 heterocycles. The summed E-state index contributed by atoms with van der Waals surface area (Å²) in [4.78, 5) is 29.6. The third kappa shape index (κ3) is 6.92. The van der Waals surface area contributed by atoms with Crippen molar-refractivity contribution in [1.82, 2.24) is 15.5 Å². The molecule has 0 aliphatic rings. The Morgan fingerprint density at radius 1 is 0.933 bits per heavy atom. The monoisotopic (exact) mass is 410 g/mol. The SMILES string of the molecule is CCNC(=NCc1ccc(C(=O)N(C)C)cc1)NCCc1ccc(C(=O)OC)cc1. The second-order valence-corrected chi connectivity index (χ2v) is 6.96. The molecule has 2 rings (SSSR count). The third-order valence-corrected chi connectivity index (χ3v) is 4.45. The fourth-order valence-electron chi connectivity index (χ4n) is 2.77. The van der Waals surface area contributed by atoms with Gasteiger partial charge in [0.05, 0.1) is 19.2 Å². The number of esters is 1. The van der Waals surface area contributed by atoms with E-state index in [0.29, 0.717) is 24.2 Å². The molecule has 0 aromatic heterocycles. The molecule has 0 saturated carbocycles. The number of aliphatic imine (C=N–C) groups is 1. The number of carbonyl (C=O) groups is 2. The topological polar surface area (TPSA) is 83.0 Å². The van der Waals surface area contributed by atoms with Gasteiger partial charge in [-0.1, -0.05) is 24.3 Å². The maximum absolute atomic E-state index is 12.0. The molecule has 0 unspecified atom stereocenters. The molecule has 0 bridgehead atoms. The summed E-state index contributed by atoms with van der Waals surface area (Å²) < 4.78 is 4.71. The number of hydrogen-bond donors (Lipinski definition) is 2. The first-order valence-corrected chi connectivity index (χ1v) is 9.94. The van der Waals surface area contributed by atoms with Crippen LogP contribution in [0.1, 0.15) is 38.8 Å². The van der Waals surface area contributed by atoms with Crippen LogP contribution in [0.4, 0.5) is 0 Å². The van der Waals surface area contributed by atoms with Crippen LogP contribution in [0.15, 0.2) is 53.5 Å². The summed E-state index contributed by atoms with van der Waals surface area (Å²) in [5.74, 6) is 0.386. The van der Waals surface area contributed by atoms with Crippen LogP contribution in [-0.4, -0.2) is 57.0 Å². The molecule has 7 nitrogen and oxygen atoms in total. The van der Waals surface area contributed by atoms with Gasteiger partial charge in [0.25, 0.3) is 5.91 Å². The lowest BCUT2D eigenvalue weighted by Crippen LogP contribution is -2.38. The molecule has 30 heavy (non-hydrogen) atoms. The molecule has 0 spiro atoms. The van der Waals surface area contributed by atoms with Crippen LogP contribution in [0.2, 0.25) is 0 Å². The van der Waals surface area contributed by atoms with E-state index in [0.717, 1.165) is 30.1 Å². The summed E-state index contributed by atoms with van der Waals surface area (Å²) in [6, 6.07) is 14.9. The Morgan fingerprint density at radius 3 is 2.10 bits per heavy atom. The number of ether oxygens (including phenoxy) is 1. The summed E-state index contributed by atoms with van der Waals surface area (Å²) in [6.45, 7) is 4.00. The molecule has 0 aliphatic carbocycles. The van der Waals surface area contributed by atoms with Gasteiger partial charge < -0.3 is 20.3 Å². The number of methoxy groups -OCH3 is 1. The number of hydrogen-bond acceptors (Lipinski definition) is 4. The zero-order valence-electron chi connectivity index (χ0n) is 18.1. The van der Waals surface area contributed by atoms with Crippen molar-refractivity contribution in [3.63, 3.8) is 0 Å². The Bertz CT molecular complexity index is 859. The van der Waals surface area contributed by atoms with Crippen LogP contribution in [0.3, 0.4) is 0 Å². The highest BCUT2D eigenvalue weighted by Crippen LogP contribution is 2.08. The Hall–Kier alpha value is -3.35. The average molecular weight is 411 g/mol. The first-order valence-electron chi connectivity index (χ1n) is 9.94. The first-order chi connectivity index (χ1) is 14.4. The van der Waals surface area contributed by atoms with E-state index in [1.807, 2.05) is 43.3 Å². The Labute approximate surface area is 178 Å². The van der Waals surface area contributed by atoms with Gasteiger partial charge >= 0.3 is 5.97 Å². The van der Waals surface area contributed by atoms with Crippen molar-refractivity contribution in [2.24, 2.45) is 4.99 Å². The van der Waals surface area contributed by atoms with Gasteiger partial charge in [-0.25, -0.2) is 9.79 Å². The molecule has 0 atom stereocenters. The van der Waals surface area contributed by atoms with E-state index < -0.39 is 0 Å². The minimum absolute atomic E-state index is 0.0142. The fourth-order valence-corrected chi connectivity index (χ4v) is 2.77. The van der Waals surface area contributed by atoms with Crippen LogP contribution in [-0.2, 0) is 17.7 Å². The summed E-state index contributed by atoms with van der Waals surface area (Å²) in [5, 5.41) is 6.55. The molecule has 0 fully saturated rings. The zero-order chi connectivity index (χ0) is 21.9. The van der Waals surface area contributed by atoms with E-state index in [9.17, 15) is 9.59 Å². The number of guanidine groups is 1. The van der Waals surface area contributed by atoms with Gasteiger partial charge in [0, 0.05) is 32.7 Å². The van der Waals surface area contributed by atoms with Gasteiger partial charge in [0.1, 0.15) is 0 Å². The van der Waals surface area contributed by atoms with Crippen molar-refractivity contribution in [3.8, 4) is 0 Å². The highest BCUT2D eigenvalue weighted by Gasteiger charge is 2.07. The minimum atomic E-state index is -0.333. The molecule has 160 valence electrons. The van der Waals surface area contributed by atoms with Gasteiger partial charge in [0.2, 0.25) is 0 Å². The molecule has 1 amide bonds. The number of amides is 1. The number of benzene rings is 2. The highest BCUT2D eigenvalue weighted by molar-refractivity contribution is 5.93. The van der Waals surface area contributed by atoms with Crippen molar-refractivity contribution < 1.29 is 14.3 Å². The van der Waals surface area contributed by atoms with Crippen molar-refractivity contribution in [2.75, 3.05) is 34.3 Å². The Kier molecular flexibility index (Phi) is 8.87. The van der Waals surface area contributed by atoms with Gasteiger partial charge in [-0.15, -0.1) is 0 Å². The lowest BCUT2D eigenvalue weighted by Gasteiger charge is -2.12. The molecule has 0 aliphatic heterocycles. The largest absolute Gasteiger partial charge is 0.465 e. The van der Waals surface area contributed by atoms with E-state index in [1.165, 1.54) is 7.11 Å². The lowest BCUT2D eigenvalue weighted by molar-refractivity contribution is 0.0600. The van der Waals surface area contributed by atoms with Crippen LogP contribution >= 0.6 is 0 Å². The number of nitrogens with zero attached hydrogens (tertiary/aromatic N) is 2. The molecule has 2 N–H and O–H groups in total. The molecule has 2 aromatic rings. The maximum Gasteiger partial charge on any atom is 0.337 e. The van der Waals surface area contributed by atoms with Crippen molar-refractivity contribution in [2.45, 2.75) is 19.9 Å². The van der Waals surface area contributed by atoms with E-state index in [1.54, 1.807) is 31.1 Å². The maximum atomic E-state index is 12.0. The van der Waals surface area contributed by atoms with Crippen LogP contribution in [0.5, 0.6) is 0 Å². The van der Waals surface area contributed by atoms with E-state index in [2.05, 4.69) is 15.6 Å². The predicted octanol–water partition coefficient (Wildman–Crippen LogP) is 2.47. The normalized spacial score (nSPS) is 11.0. The predicted molar refractivity (Wildman–Crippen MR) is 119 cm³/mol. The van der Waals surface area contributed by atoms with Gasteiger partial charge in [-0.05, 0) is 48.7 Å². The molecule has 7 heteroatoms. The van der Waals surface area contributed by atoms with Crippen molar-refractivity contribution in [3.05, 3.63) is 70.8 Å². The second kappa shape index (κ2) is 11.6. The fraction of sp³-hybridized carbons (Fsp3) is 0.348. The van der Waals surface area contributed by atoms with Crippen molar-refractivity contribution >= 4 is 17.8 Å². The average Bonchev–Trinajstić information content (AvgIpc) is 2.77. The van der Waals surface area contributed by atoms with Gasteiger partial charge in [-0.3, -0.25) is 4.79 Å². The van der Waals surface area contributed by atoms with Gasteiger partial charge in [-0.2, -0.15) is 0 Å². The molecule has 0 radical (unpaired) electrons. The lowest BCUT2D eigenvalue weighted by atomic mass is 10.1. The number of rotatable bonds is 8. The van der Waals surface area contributed by atoms with E-state index in [-0.39, 0.29) is 11.9 Å². The standard InChI is InChI=1S/C23H30N4O3/c1-5-24-23(25-15-14-17-6-12-20(13-7-17)22(29)30-4)26-16-18-8-10-19(11-9-18)21(28)27(2)3/h6-13H,5,14-16H2,1-4H3,(H2,24,25,26). The Morgan fingerprint density at radius 2 is 1.53 bits per heavy atom. The van der Waals surface area contributed by atoms with Crippen LogP contribution in [0, 0.1) is 0 Å². The summed E-state index contributed by atoms with van der Waals surface area (Å²) in [7, 11) is 4.85. The van der Waals surface area contributed by atoms with Gasteiger partial charge in [0.15, 0.2) is 5.96 Å². The Balaban J connectivity index is 1.89.